The zero-order valence-corrected chi connectivity index (χ0v) is 11.3. The third-order valence-electron chi connectivity index (χ3n) is 2.83. The third-order valence-corrected chi connectivity index (χ3v) is 2.83. The lowest BCUT2D eigenvalue weighted by Crippen LogP contribution is -2.24. The van der Waals surface area contributed by atoms with E-state index in [1.165, 1.54) is 0 Å². The highest BCUT2D eigenvalue weighted by Gasteiger charge is 2.27. The second-order valence-electron chi connectivity index (χ2n) is 4.42. The Kier molecular flexibility index (Phi) is 6.31. The van der Waals surface area contributed by atoms with Gasteiger partial charge in [-0.15, -0.1) is 0 Å². The molecule has 19 heavy (non-hydrogen) atoms. The van der Waals surface area contributed by atoms with Crippen molar-refractivity contribution in [2.45, 2.75) is 32.5 Å². The zero-order chi connectivity index (χ0) is 14.3. The van der Waals surface area contributed by atoms with Gasteiger partial charge in [-0.1, -0.05) is 31.2 Å². The third kappa shape index (κ3) is 6.07. The van der Waals surface area contributed by atoms with Gasteiger partial charge in [-0.05, 0) is 31.0 Å². The molecule has 0 aliphatic rings. The van der Waals surface area contributed by atoms with E-state index in [1.807, 2.05) is 38.1 Å². The van der Waals surface area contributed by atoms with Crippen LogP contribution in [0.1, 0.15) is 30.5 Å². The summed E-state index contributed by atoms with van der Waals surface area (Å²) in [5, 5.41) is 3.28. The average molecular weight is 275 g/mol. The van der Waals surface area contributed by atoms with Gasteiger partial charge in [0.25, 0.3) is 0 Å². The number of benzene rings is 1. The van der Waals surface area contributed by atoms with E-state index in [2.05, 4.69) is 10.1 Å². The van der Waals surface area contributed by atoms with Crippen molar-refractivity contribution in [2.75, 3.05) is 19.8 Å². The fourth-order valence-electron chi connectivity index (χ4n) is 1.98. The molecule has 0 fully saturated rings. The summed E-state index contributed by atoms with van der Waals surface area (Å²) in [7, 11) is 0. The second-order valence-corrected chi connectivity index (χ2v) is 4.42. The van der Waals surface area contributed by atoms with Crippen LogP contribution in [0.3, 0.4) is 0 Å². The number of hydrogen-bond acceptors (Lipinski definition) is 2. The molecule has 2 nitrogen and oxygen atoms in total. The molecule has 0 aromatic heterocycles. The molecule has 1 atom stereocenters. The maximum atomic E-state index is 12.0. The number of halogens is 3. The van der Waals surface area contributed by atoms with Gasteiger partial charge in [0.15, 0.2) is 0 Å². The highest BCUT2D eigenvalue weighted by atomic mass is 19.4. The average Bonchev–Trinajstić information content (AvgIpc) is 2.33. The Hall–Kier alpha value is -1.07. The minimum absolute atomic E-state index is 0.0273. The largest absolute Gasteiger partial charge is 0.411 e. The molecule has 0 bridgehead atoms. The van der Waals surface area contributed by atoms with Crippen LogP contribution in [-0.2, 0) is 4.74 Å². The Morgan fingerprint density at radius 3 is 2.53 bits per heavy atom. The molecule has 1 N–H and O–H groups in total. The minimum atomic E-state index is -4.25. The molecular weight excluding hydrogens is 255 g/mol. The van der Waals surface area contributed by atoms with Crippen LogP contribution in [0.25, 0.3) is 0 Å². The van der Waals surface area contributed by atoms with Crippen molar-refractivity contribution in [1.82, 2.24) is 5.32 Å². The first kappa shape index (κ1) is 16.0. The summed E-state index contributed by atoms with van der Waals surface area (Å²) in [6.45, 7) is 3.64. The van der Waals surface area contributed by atoms with Gasteiger partial charge in [-0.3, -0.25) is 0 Å². The Labute approximate surface area is 112 Å². The first-order chi connectivity index (χ1) is 8.94. The molecule has 0 saturated carbocycles. The predicted octanol–water partition coefficient (Wildman–Crippen LogP) is 3.61. The quantitative estimate of drug-likeness (QED) is 0.767. The van der Waals surface area contributed by atoms with Crippen LogP contribution in [0.2, 0.25) is 0 Å². The van der Waals surface area contributed by atoms with Gasteiger partial charge in [0.1, 0.15) is 6.61 Å². The van der Waals surface area contributed by atoms with E-state index in [4.69, 9.17) is 0 Å². The second kappa shape index (κ2) is 7.50. The molecule has 0 saturated heterocycles. The van der Waals surface area contributed by atoms with Crippen molar-refractivity contribution < 1.29 is 17.9 Å². The van der Waals surface area contributed by atoms with Crippen LogP contribution >= 0.6 is 0 Å². The summed E-state index contributed by atoms with van der Waals surface area (Å²) in [6, 6.07) is 7.90. The Balaban J connectivity index is 2.52. The van der Waals surface area contributed by atoms with Gasteiger partial charge in [-0.2, -0.15) is 13.2 Å². The van der Waals surface area contributed by atoms with E-state index in [1.54, 1.807) is 0 Å². The summed E-state index contributed by atoms with van der Waals surface area (Å²) in [5.41, 5.74) is 2.24. The molecule has 0 aliphatic carbocycles. The molecule has 1 aromatic carbocycles. The van der Waals surface area contributed by atoms with Gasteiger partial charge in [0, 0.05) is 12.6 Å². The summed E-state index contributed by atoms with van der Waals surface area (Å²) >= 11 is 0. The van der Waals surface area contributed by atoms with E-state index >= 15 is 0 Å². The van der Waals surface area contributed by atoms with Crippen LogP contribution in [0.15, 0.2) is 24.3 Å². The van der Waals surface area contributed by atoms with Crippen molar-refractivity contribution in [1.29, 1.82) is 0 Å². The molecule has 1 rings (SSSR count). The monoisotopic (exact) mass is 275 g/mol. The van der Waals surface area contributed by atoms with E-state index in [0.29, 0.717) is 6.42 Å². The Morgan fingerprint density at radius 2 is 1.95 bits per heavy atom. The molecule has 1 unspecified atom stereocenters. The lowest BCUT2D eigenvalue weighted by atomic mass is 9.99. The Morgan fingerprint density at radius 1 is 1.26 bits per heavy atom. The van der Waals surface area contributed by atoms with Gasteiger partial charge in [-0.25, -0.2) is 0 Å². The number of rotatable bonds is 7. The maximum absolute atomic E-state index is 12.0. The van der Waals surface area contributed by atoms with Gasteiger partial charge in [0.05, 0.1) is 0 Å². The molecule has 1 aromatic rings. The number of nitrogens with one attached hydrogen (secondary N) is 1. The molecule has 0 heterocycles. The van der Waals surface area contributed by atoms with Crippen molar-refractivity contribution in [3.63, 3.8) is 0 Å². The first-order valence-corrected chi connectivity index (χ1v) is 6.37. The topological polar surface area (TPSA) is 21.3 Å². The van der Waals surface area contributed by atoms with Crippen LogP contribution in [0, 0.1) is 6.92 Å². The highest BCUT2D eigenvalue weighted by Crippen LogP contribution is 2.21. The normalized spacial score (nSPS) is 13.5. The SMILES string of the molecule is CCNC(CCOCC(F)(F)F)c1ccccc1C. The first-order valence-electron chi connectivity index (χ1n) is 6.37. The number of hydrogen-bond donors (Lipinski definition) is 1. The van der Waals surface area contributed by atoms with E-state index in [9.17, 15) is 13.2 Å². The van der Waals surface area contributed by atoms with Crippen LogP contribution in [0.5, 0.6) is 0 Å². The van der Waals surface area contributed by atoms with E-state index in [0.717, 1.165) is 17.7 Å². The molecule has 108 valence electrons. The molecular formula is C14H20F3NO. The van der Waals surface area contributed by atoms with Crippen molar-refractivity contribution in [3.05, 3.63) is 35.4 Å². The molecule has 5 heteroatoms. The highest BCUT2D eigenvalue weighted by molar-refractivity contribution is 5.28. The maximum Gasteiger partial charge on any atom is 0.411 e. The van der Waals surface area contributed by atoms with Crippen LogP contribution in [0.4, 0.5) is 13.2 Å². The van der Waals surface area contributed by atoms with E-state index in [-0.39, 0.29) is 12.6 Å². The summed E-state index contributed by atoms with van der Waals surface area (Å²) < 4.78 is 40.6. The van der Waals surface area contributed by atoms with Crippen molar-refractivity contribution >= 4 is 0 Å². The fraction of sp³-hybridized carbons (Fsp3) is 0.571. The van der Waals surface area contributed by atoms with Gasteiger partial charge < -0.3 is 10.1 Å². The smallest absolute Gasteiger partial charge is 0.372 e. The lowest BCUT2D eigenvalue weighted by Gasteiger charge is -2.20. The van der Waals surface area contributed by atoms with Crippen molar-refractivity contribution in [3.8, 4) is 0 Å². The minimum Gasteiger partial charge on any atom is -0.372 e. The summed E-state index contributed by atoms with van der Waals surface area (Å²) in [6.07, 6.45) is -3.73. The fourth-order valence-corrected chi connectivity index (χ4v) is 1.98. The molecule has 0 radical (unpaired) electrons. The predicted molar refractivity (Wildman–Crippen MR) is 69.1 cm³/mol. The van der Waals surface area contributed by atoms with Crippen LogP contribution < -0.4 is 5.32 Å². The van der Waals surface area contributed by atoms with Crippen molar-refractivity contribution in [2.24, 2.45) is 0 Å². The van der Waals surface area contributed by atoms with E-state index < -0.39 is 12.8 Å². The zero-order valence-electron chi connectivity index (χ0n) is 11.3. The van der Waals surface area contributed by atoms with Crippen LogP contribution in [-0.4, -0.2) is 25.9 Å². The standard InChI is InChI=1S/C14H20F3NO/c1-3-18-13(8-9-19-10-14(15,16)17)12-7-5-4-6-11(12)2/h4-7,13,18H,3,8-10H2,1-2H3. The number of ether oxygens (including phenoxy) is 1. The molecule has 0 amide bonds. The summed E-state index contributed by atoms with van der Waals surface area (Å²) in [5.74, 6) is 0. The molecule has 0 spiro atoms. The Bertz CT molecular complexity index is 379. The summed E-state index contributed by atoms with van der Waals surface area (Å²) in [4.78, 5) is 0. The number of aryl methyl sites for hydroxylation is 1. The lowest BCUT2D eigenvalue weighted by molar-refractivity contribution is -0.174. The molecule has 0 aliphatic heterocycles. The van der Waals surface area contributed by atoms with Gasteiger partial charge in [0.2, 0.25) is 0 Å². The van der Waals surface area contributed by atoms with Gasteiger partial charge >= 0.3 is 6.18 Å². The number of alkyl halides is 3.